The average molecular weight is 715 g/mol. The number of imidazole rings is 1. The lowest BCUT2D eigenvalue weighted by molar-refractivity contribution is -0.0526. The first-order valence-corrected chi connectivity index (χ1v) is 17.5. The summed E-state index contributed by atoms with van der Waals surface area (Å²) in [5, 5.41) is 10.1. The number of ketones is 1. The van der Waals surface area contributed by atoms with Crippen LogP contribution in [0.25, 0.3) is 11.2 Å². The number of aromatic nitrogens is 4. The van der Waals surface area contributed by atoms with Crippen LogP contribution in [-0.4, -0.2) is 80.9 Å². The zero-order valence-electron chi connectivity index (χ0n) is 23.4. The molecule has 2 aromatic carbocycles. The predicted molar refractivity (Wildman–Crippen MR) is 155 cm³/mol. The van der Waals surface area contributed by atoms with Crippen molar-refractivity contribution in [2.24, 2.45) is 0 Å². The lowest BCUT2D eigenvalue weighted by Gasteiger charge is -2.26. The summed E-state index contributed by atoms with van der Waals surface area (Å²) in [6, 6.07) is 13.6. The van der Waals surface area contributed by atoms with Crippen LogP contribution < -0.4 is 5.73 Å². The fraction of sp³-hybridized carbons (Fsp3) is 0.208. The molecule has 1 aliphatic heterocycles. The summed E-state index contributed by atoms with van der Waals surface area (Å²) < 4.78 is 61.1. The number of benzene rings is 2. The minimum atomic E-state index is -5.95. The van der Waals surface area contributed by atoms with Crippen molar-refractivity contribution in [3.8, 4) is 0 Å². The molecule has 0 amide bonds. The molecule has 4 aromatic rings. The highest BCUT2D eigenvalue weighted by atomic mass is 31.3. The van der Waals surface area contributed by atoms with E-state index in [1.807, 2.05) is 0 Å². The molecule has 2 aromatic heterocycles. The molecule has 5 rings (SSSR count). The summed E-state index contributed by atoms with van der Waals surface area (Å²) >= 11 is 0. The Morgan fingerprint density at radius 2 is 1.49 bits per heavy atom. The second-order valence-corrected chi connectivity index (χ2v) is 14.0. The van der Waals surface area contributed by atoms with Gasteiger partial charge < -0.3 is 39.9 Å². The monoisotopic (exact) mass is 715 g/mol. The molecular weight excluding hydrogens is 691 g/mol. The van der Waals surface area contributed by atoms with Crippen LogP contribution in [-0.2, 0) is 36.3 Å². The highest BCUT2D eigenvalue weighted by Gasteiger charge is 2.53. The van der Waals surface area contributed by atoms with Gasteiger partial charge in [0.05, 0.1) is 18.5 Å². The van der Waals surface area contributed by atoms with Crippen LogP contribution >= 0.6 is 23.5 Å². The minimum Gasteiger partial charge on any atom is -0.453 e. The molecule has 3 heterocycles. The van der Waals surface area contributed by atoms with Gasteiger partial charge in [0.2, 0.25) is 0 Å². The number of nitrogen functional groups attached to an aromatic ring is 1. The molecule has 1 saturated heterocycles. The van der Waals surface area contributed by atoms with E-state index in [0.29, 0.717) is 5.56 Å². The maximum absolute atomic E-state index is 13.3. The van der Waals surface area contributed by atoms with E-state index in [-0.39, 0.29) is 33.9 Å². The number of phosphoric ester groups is 1. The number of carbonyl (C=O) groups is 2. The zero-order chi connectivity index (χ0) is 34.1. The quantitative estimate of drug-likeness (QED) is 0.0687. The van der Waals surface area contributed by atoms with Crippen molar-refractivity contribution in [2.45, 2.75) is 24.5 Å². The van der Waals surface area contributed by atoms with Crippen molar-refractivity contribution in [1.29, 1.82) is 0 Å². The van der Waals surface area contributed by atoms with Crippen molar-refractivity contribution in [3.05, 3.63) is 83.9 Å². The Morgan fingerprint density at radius 3 is 2.13 bits per heavy atom. The van der Waals surface area contributed by atoms with Crippen LogP contribution in [0.1, 0.15) is 32.5 Å². The molecule has 250 valence electrons. The first-order valence-electron chi connectivity index (χ1n) is 13.0. The lowest BCUT2D eigenvalue weighted by Crippen LogP contribution is -2.39. The van der Waals surface area contributed by atoms with Crippen LogP contribution in [0, 0.1) is 0 Å². The second-order valence-electron chi connectivity index (χ2n) is 9.63. The summed E-state index contributed by atoms with van der Waals surface area (Å²) in [6.45, 7) is -0.876. The van der Waals surface area contributed by atoms with E-state index in [2.05, 4.69) is 23.6 Å². The average Bonchev–Trinajstić information content (AvgIpc) is 3.57. The van der Waals surface area contributed by atoms with Crippen LogP contribution in [0.4, 0.5) is 5.82 Å². The zero-order valence-corrected chi connectivity index (χ0v) is 26.1. The number of fused-ring (bicyclic) bond motifs is 1. The maximum atomic E-state index is 13.3. The largest absolute Gasteiger partial charge is 0.490 e. The van der Waals surface area contributed by atoms with Gasteiger partial charge in [0.1, 0.15) is 17.9 Å². The van der Waals surface area contributed by atoms with E-state index < -0.39 is 60.6 Å². The van der Waals surface area contributed by atoms with E-state index in [0.717, 1.165) is 17.2 Å². The Labute approximate surface area is 263 Å². The standard InChI is InChI=1S/C24H24N5O15P3/c25-21-17-22(27-11-26-21)29(12-28-17)23-20(42-46(36,37)44-47(38,39)43-45(33,34)35)19(16(10-30)40-23)41-24(32)15-8-6-14(7-9-15)18(31)13-4-2-1-3-5-13/h1-9,11-12,16,19-20,23,30H,10H2,(H,36,37)(H,38,39)(H2,25,26,27)(H2,33,34,35)/t16-,19-,20-,23-/m1/s1. The number of carbonyl (C=O) groups excluding carboxylic acids is 2. The predicted octanol–water partition coefficient (Wildman–Crippen LogP) is 1.47. The van der Waals surface area contributed by atoms with E-state index in [1.165, 1.54) is 24.3 Å². The van der Waals surface area contributed by atoms with Gasteiger partial charge in [-0.25, -0.2) is 33.4 Å². The van der Waals surface area contributed by atoms with E-state index in [4.69, 9.17) is 29.5 Å². The van der Waals surface area contributed by atoms with Crippen molar-refractivity contribution in [3.63, 3.8) is 0 Å². The molecule has 1 fully saturated rings. The van der Waals surface area contributed by atoms with Gasteiger partial charge in [0.25, 0.3) is 0 Å². The first-order chi connectivity index (χ1) is 22.1. The van der Waals surface area contributed by atoms with Gasteiger partial charge in [0.15, 0.2) is 35.7 Å². The summed E-state index contributed by atoms with van der Waals surface area (Å²) in [5.74, 6) is -1.49. The van der Waals surface area contributed by atoms with Crippen LogP contribution in [0.5, 0.6) is 0 Å². The third-order valence-electron chi connectivity index (χ3n) is 6.46. The Kier molecular flexibility index (Phi) is 9.87. The number of phosphoric acid groups is 3. The Hall–Kier alpha value is -3.74. The summed E-state index contributed by atoms with van der Waals surface area (Å²) in [6.07, 6.45) is -4.74. The van der Waals surface area contributed by atoms with Crippen molar-refractivity contribution >= 4 is 52.2 Å². The third-order valence-corrected chi connectivity index (χ3v) is 10.3. The molecule has 47 heavy (non-hydrogen) atoms. The number of hydrogen-bond donors (Lipinski definition) is 6. The van der Waals surface area contributed by atoms with Crippen molar-refractivity contribution in [1.82, 2.24) is 19.5 Å². The number of aliphatic hydroxyl groups excluding tert-OH is 1. The van der Waals surface area contributed by atoms with Gasteiger partial charge in [-0.05, 0) is 12.1 Å². The molecule has 0 aliphatic carbocycles. The van der Waals surface area contributed by atoms with E-state index >= 15 is 0 Å². The fourth-order valence-corrected chi connectivity index (χ4v) is 7.74. The lowest BCUT2D eigenvalue weighted by atomic mass is 10.0. The first kappa shape index (κ1) is 34.6. The van der Waals surface area contributed by atoms with Gasteiger partial charge in [-0.15, -0.1) is 0 Å². The maximum Gasteiger partial charge on any atom is 0.490 e. The molecule has 0 radical (unpaired) electrons. The van der Waals surface area contributed by atoms with Crippen molar-refractivity contribution in [2.75, 3.05) is 12.3 Å². The van der Waals surface area contributed by atoms with Gasteiger partial charge in [-0.2, -0.15) is 8.62 Å². The molecule has 2 unspecified atom stereocenters. The number of aliphatic hydroxyl groups is 1. The molecule has 23 heteroatoms. The van der Waals surface area contributed by atoms with Gasteiger partial charge in [-0.3, -0.25) is 13.9 Å². The summed E-state index contributed by atoms with van der Waals surface area (Å²) in [4.78, 5) is 75.6. The molecule has 7 N–H and O–H groups in total. The van der Waals surface area contributed by atoms with Gasteiger partial charge in [0, 0.05) is 11.1 Å². The second kappa shape index (κ2) is 13.4. The molecule has 0 bridgehead atoms. The summed E-state index contributed by atoms with van der Waals surface area (Å²) in [7, 11) is -17.5. The van der Waals surface area contributed by atoms with Crippen LogP contribution in [0.3, 0.4) is 0 Å². The number of nitrogens with two attached hydrogens (primary N) is 1. The number of esters is 1. The Balaban J connectivity index is 1.46. The number of nitrogens with zero attached hydrogens (tertiary/aromatic N) is 4. The number of ether oxygens (including phenoxy) is 2. The smallest absolute Gasteiger partial charge is 0.453 e. The number of hydrogen-bond acceptors (Lipinski definition) is 15. The minimum absolute atomic E-state index is 0.0233. The highest BCUT2D eigenvalue weighted by Crippen LogP contribution is 2.67. The van der Waals surface area contributed by atoms with E-state index in [9.17, 15) is 38.2 Å². The SMILES string of the molecule is Nc1ncnc2c1ncn2[C@@H]1O[C@H](CO)[C@@H](OC(=O)c2ccc(C(=O)c3ccccc3)cc2)[C@H]1OP(=O)(O)OP(=O)(O)OP(=O)(O)O. The number of rotatable bonds is 12. The Morgan fingerprint density at radius 1 is 0.851 bits per heavy atom. The number of anilines is 1. The summed E-state index contributed by atoms with van der Waals surface area (Å²) in [5.41, 5.74) is 6.37. The highest BCUT2D eigenvalue weighted by molar-refractivity contribution is 7.66. The molecule has 20 nitrogen and oxygen atoms in total. The van der Waals surface area contributed by atoms with Gasteiger partial charge in [-0.1, -0.05) is 42.5 Å². The molecule has 1 aliphatic rings. The van der Waals surface area contributed by atoms with E-state index in [1.54, 1.807) is 30.3 Å². The normalized spacial score (nSPS) is 22.4. The Bertz CT molecular complexity index is 1940. The fourth-order valence-electron chi connectivity index (χ4n) is 4.55. The third kappa shape index (κ3) is 8.05. The molecule has 0 saturated carbocycles. The van der Waals surface area contributed by atoms with Crippen molar-refractivity contribution < 1.29 is 70.6 Å². The molecular formula is C24H24N5O15P3. The topological polar surface area (TPSA) is 302 Å². The van der Waals surface area contributed by atoms with Gasteiger partial charge >= 0.3 is 29.4 Å². The van der Waals surface area contributed by atoms with Crippen LogP contribution in [0.15, 0.2) is 67.3 Å². The molecule has 6 atom stereocenters. The molecule has 0 spiro atoms. The van der Waals surface area contributed by atoms with Crippen LogP contribution in [0.2, 0.25) is 0 Å².